The summed E-state index contributed by atoms with van der Waals surface area (Å²) in [6.45, 7) is 7.04. The summed E-state index contributed by atoms with van der Waals surface area (Å²) in [5.41, 5.74) is 22.4. The second-order valence-electron chi connectivity index (χ2n) is 21.5. The third-order valence-corrected chi connectivity index (χ3v) is 17.2. The first-order valence-corrected chi connectivity index (χ1v) is 27.3. The molecule has 2 nitrogen and oxygen atoms in total. The summed E-state index contributed by atoms with van der Waals surface area (Å²) in [6.07, 6.45) is 0. The monoisotopic (exact) mass is 987 g/mol. The standard InChI is InChI=1S/C72H50BNOS/c1-72(2,3)50-43-63-69-66(44-50)76-65-40-38-48(45-21-7-4-8-22-45)41-61(65)73(69)60-39-37-49(42-62(60)74(63)70-51(46-23-9-5-10-24-46)32-19-33-52(70)47-25-11-6-12-26-47)67-54-28-13-15-30-56(54)68(57-31-16-14-29-55(57)67)59-35-20-34-58-53-27-17-18-36-64(53)75-71(58)59/h4-44H,1-3H3. The van der Waals surface area contributed by atoms with Crippen LogP contribution >= 0.6 is 11.8 Å². The van der Waals surface area contributed by atoms with Crippen LogP contribution < -0.4 is 21.3 Å². The predicted octanol–water partition coefficient (Wildman–Crippen LogP) is 18.3. The smallest absolute Gasteiger partial charge is 0.249 e. The van der Waals surface area contributed by atoms with Gasteiger partial charge in [-0.05, 0) is 107 Å². The van der Waals surface area contributed by atoms with Gasteiger partial charge in [0.15, 0.2) is 0 Å². The Bertz CT molecular complexity index is 4360. The Hall–Kier alpha value is -8.83. The van der Waals surface area contributed by atoms with Crippen LogP contribution in [0.15, 0.2) is 263 Å². The highest BCUT2D eigenvalue weighted by atomic mass is 32.2. The molecular formula is C72H50BNOS. The van der Waals surface area contributed by atoms with Gasteiger partial charge in [-0.2, -0.15) is 0 Å². The zero-order valence-electron chi connectivity index (χ0n) is 42.5. The number of para-hydroxylation sites is 3. The van der Waals surface area contributed by atoms with Crippen LogP contribution in [0.5, 0.6) is 0 Å². The molecule has 0 amide bonds. The van der Waals surface area contributed by atoms with Gasteiger partial charge in [0, 0.05) is 54.2 Å². The minimum atomic E-state index is -0.125. The number of fused-ring (bicyclic) bond motifs is 9. The summed E-state index contributed by atoms with van der Waals surface area (Å²) in [7, 11) is 0. The topological polar surface area (TPSA) is 16.4 Å². The lowest BCUT2D eigenvalue weighted by molar-refractivity contribution is 0.589. The van der Waals surface area contributed by atoms with Crippen LogP contribution in [0, 0.1) is 0 Å². The summed E-state index contributed by atoms with van der Waals surface area (Å²) in [5, 5.41) is 7.04. The molecule has 0 aliphatic carbocycles. The van der Waals surface area contributed by atoms with Crippen LogP contribution in [-0.4, -0.2) is 6.71 Å². The molecule has 2 aliphatic heterocycles. The second kappa shape index (κ2) is 17.4. The lowest BCUT2D eigenvalue weighted by Gasteiger charge is -2.43. The molecule has 0 N–H and O–H groups in total. The molecular weight excluding hydrogens is 938 g/mol. The molecule has 0 saturated carbocycles. The van der Waals surface area contributed by atoms with E-state index in [-0.39, 0.29) is 12.1 Å². The quantitative estimate of drug-likeness (QED) is 0.122. The Morgan fingerprint density at radius 1 is 0.382 bits per heavy atom. The maximum absolute atomic E-state index is 6.79. The zero-order valence-corrected chi connectivity index (χ0v) is 43.3. The van der Waals surface area contributed by atoms with E-state index in [1.165, 1.54) is 120 Å². The lowest BCUT2D eigenvalue weighted by Crippen LogP contribution is -2.60. The van der Waals surface area contributed by atoms with Gasteiger partial charge in [-0.1, -0.05) is 256 Å². The molecule has 3 heterocycles. The molecule has 15 rings (SSSR count). The molecule has 4 heteroatoms. The van der Waals surface area contributed by atoms with Crippen molar-refractivity contribution in [3.05, 3.63) is 254 Å². The van der Waals surface area contributed by atoms with Crippen LogP contribution in [0.25, 0.3) is 99.1 Å². The summed E-state index contributed by atoms with van der Waals surface area (Å²) < 4.78 is 6.79. The van der Waals surface area contributed by atoms with Crippen molar-refractivity contribution in [2.24, 2.45) is 0 Å². The van der Waals surface area contributed by atoms with E-state index in [1.807, 2.05) is 11.8 Å². The van der Waals surface area contributed by atoms with Crippen LogP contribution in [0.3, 0.4) is 0 Å². The van der Waals surface area contributed by atoms with Crippen molar-refractivity contribution in [3.8, 4) is 55.6 Å². The van der Waals surface area contributed by atoms with Crippen LogP contribution in [-0.2, 0) is 5.41 Å². The van der Waals surface area contributed by atoms with Gasteiger partial charge in [-0.15, -0.1) is 0 Å². The Labute approximate surface area is 448 Å². The number of anilines is 3. The van der Waals surface area contributed by atoms with E-state index in [0.29, 0.717) is 0 Å². The fraction of sp³-hybridized carbons (Fsp3) is 0.0556. The normalized spacial score (nSPS) is 12.8. The molecule has 0 radical (unpaired) electrons. The van der Waals surface area contributed by atoms with E-state index >= 15 is 0 Å². The molecule has 12 aromatic carbocycles. The first-order chi connectivity index (χ1) is 37.4. The highest BCUT2D eigenvalue weighted by molar-refractivity contribution is 8.00. The van der Waals surface area contributed by atoms with Gasteiger partial charge < -0.3 is 9.32 Å². The van der Waals surface area contributed by atoms with E-state index in [9.17, 15) is 0 Å². The minimum Gasteiger partial charge on any atom is -0.455 e. The van der Waals surface area contributed by atoms with Gasteiger partial charge in [0.25, 0.3) is 0 Å². The summed E-state index contributed by atoms with van der Waals surface area (Å²) in [4.78, 5) is 5.29. The lowest BCUT2D eigenvalue weighted by atomic mass is 9.34. The summed E-state index contributed by atoms with van der Waals surface area (Å²) in [5.74, 6) is 0. The Morgan fingerprint density at radius 2 is 0.921 bits per heavy atom. The van der Waals surface area contributed by atoms with Crippen LogP contribution in [0.2, 0.25) is 0 Å². The van der Waals surface area contributed by atoms with Gasteiger partial charge in [0.05, 0.1) is 5.69 Å². The highest BCUT2D eigenvalue weighted by Gasteiger charge is 2.43. The van der Waals surface area contributed by atoms with E-state index < -0.39 is 0 Å². The van der Waals surface area contributed by atoms with Crippen molar-refractivity contribution in [2.75, 3.05) is 4.90 Å². The highest BCUT2D eigenvalue weighted by Crippen LogP contribution is 2.52. The molecule has 76 heavy (non-hydrogen) atoms. The first-order valence-electron chi connectivity index (χ1n) is 26.4. The van der Waals surface area contributed by atoms with Crippen LogP contribution in [0.1, 0.15) is 26.3 Å². The van der Waals surface area contributed by atoms with Crippen molar-refractivity contribution in [3.63, 3.8) is 0 Å². The SMILES string of the molecule is CC(C)(C)c1cc2c3c(c1)N(c1c(-c4ccccc4)cccc1-c1ccccc1)c1cc(-c4c5ccccc5c(-c5cccc6c5oc5ccccc56)c5ccccc45)ccc1B3c1cc(-c3ccccc3)ccc1S2. The van der Waals surface area contributed by atoms with E-state index in [0.717, 1.165) is 27.5 Å². The number of furan rings is 1. The number of benzene rings is 12. The van der Waals surface area contributed by atoms with Crippen molar-refractivity contribution < 1.29 is 4.42 Å². The van der Waals surface area contributed by atoms with Gasteiger partial charge in [0.1, 0.15) is 11.2 Å². The van der Waals surface area contributed by atoms with Gasteiger partial charge in [0.2, 0.25) is 6.71 Å². The zero-order chi connectivity index (χ0) is 50.6. The second-order valence-corrected chi connectivity index (χ2v) is 22.6. The molecule has 2 aliphatic rings. The van der Waals surface area contributed by atoms with Crippen LogP contribution in [0.4, 0.5) is 17.1 Å². The van der Waals surface area contributed by atoms with Gasteiger partial charge in [-0.25, -0.2) is 0 Å². The Morgan fingerprint density at radius 3 is 1.57 bits per heavy atom. The maximum atomic E-state index is 6.79. The molecule has 0 atom stereocenters. The number of hydrogen-bond donors (Lipinski definition) is 0. The molecule has 0 unspecified atom stereocenters. The van der Waals surface area contributed by atoms with E-state index in [2.05, 4.69) is 274 Å². The number of rotatable bonds is 6. The van der Waals surface area contributed by atoms with Gasteiger partial charge in [-0.3, -0.25) is 0 Å². The van der Waals surface area contributed by atoms with Gasteiger partial charge >= 0.3 is 0 Å². The fourth-order valence-corrected chi connectivity index (χ4v) is 13.7. The van der Waals surface area contributed by atoms with Crippen molar-refractivity contribution in [1.29, 1.82) is 0 Å². The third kappa shape index (κ3) is 6.97. The molecule has 358 valence electrons. The molecule has 0 saturated heterocycles. The molecule has 0 fully saturated rings. The maximum Gasteiger partial charge on any atom is 0.249 e. The Kier molecular flexibility index (Phi) is 10.2. The molecule has 13 aromatic rings. The third-order valence-electron chi connectivity index (χ3n) is 16.1. The Balaban J connectivity index is 1.06. The van der Waals surface area contributed by atoms with Crippen molar-refractivity contribution >= 4 is 95.4 Å². The average Bonchev–Trinajstić information content (AvgIpc) is 4.01. The van der Waals surface area contributed by atoms with E-state index in [1.54, 1.807) is 0 Å². The van der Waals surface area contributed by atoms with Crippen molar-refractivity contribution in [1.82, 2.24) is 0 Å². The van der Waals surface area contributed by atoms with E-state index in [4.69, 9.17) is 4.42 Å². The predicted molar refractivity (Wildman–Crippen MR) is 325 cm³/mol. The average molecular weight is 988 g/mol. The number of hydrogen-bond acceptors (Lipinski definition) is 3. The van der Waals surface area contributed by atoms with Crippen molar-refractivity contribution in [2.45, 2.75) is 36.0 Å². The minimum absolute atomic E-state index is 0.0246. The number of nitrogens with zero attached hydrogens (tertiary/aromatic N) is 1. The fourth-order valence-electron chi connectivity index (χ4n) is 12.5. The summed E-state index contributed by atoms with van der Waals surface area (Å²) in [6, 6.07) is 92.4. The molecule has 0 spiro atoms. The largest absolute Gasteiger partial charge is 0.455 e. The molecule has 1 aromatic heterocycles. The summed E-state index contributed by atoms with van der Waals surface area (Å²) >= 11 is 1.93. The molecule has 0 bridgehead atoms. The first kappa shape index (κ1) is 44.6.